The highest BCUT2D eigenvalue weighted by Crippen LogP contribution is 2.48. The van der Waals surface area contributed by atoms with Crippen molar-refractivity contribution in [2.75, 3.05) is 0 Å². The second-order valence-electron chi connectivity index (χ2n) is 11.3. The summed E-state index contributed by atoms with van der Waals surface area (Å²) in [5.74, 6) is 0. The number of hydrogen-bond acceptors (Lipinski definition) is 2. The van der Waals surface area contributed by atoms with Gasteiger partial charge < -0.3 is 8.83 Å². The molecule has 2 heteroatoms. The van der Waals surface area contributed by atoms with Gasteiger partial charge in [-0.05, 0) is 104 Å². The number of hydrogen-bond donors (Lipinski definition) is 0. The molecule has 2 heterocycles. The number of fused-ring (bicyclic) bond motifs is 9. The van der Waals surface area contributed by atoms with E-state index in [1.807, 2.05) is 12.1 Å². The highest BCUT2D eigenvalue weighted by Gasteiger charge is 2.21. The van der Waals surface area contributed by atoms with E-state index in [1.165, 1.54) is 44.2 Å². The first-order valence-corrected chi connectivity index (χ1v) is 14.3. The van der Waals surface area contributed by atoms with Crippen LogP contribution in [-0.2, 0) is 0 Å². The van der Waals surface area contributed by atoms with E-state index >= 15 is 0 Å². The molecule has 0 radical (unpaired) electrons. The predicted molar refractivity (Wildman–Crippen MR) is 174 cm³/mol. The van der Waals surface area contributed by atoms with Gasteiger partial charge in [-0.25, -0.2) is 0 Å². The number of furan rings is 2. The Kier molecular flexibility index (Phi) is 4.21. The summed E-state index contributed by atoms with van der Waals surface area (Å²) >= 11 is 0. The van der Waals surface area contributed by atoms with Gasteiger partial charge in [-0.2, -0.15) is 0 Å². The molecule has 0 N–H and O–H groups in total. The molecule has 0 saturated carbocycles. The lowest BCUT2D eigenvalue weighted by molar-refractivity contribution is 0.668. The van der Waals surface area contributed by atoms with Crippen molar-refractivity contribution >= 4 is 54.6 Å². The third-order valence-corrected chi connectivity index (χ3v) is 9.02. The normalized spacial score (nSPS) is 12.3. The zero-order valence-electron chi connectivity index (χ0n) is 22.5. The lowest BCUT2D eigenvalue weighted by Gasteiger charge is -2.07. The molecule has 0 spiro atoms. The lowest BCUT2D eigenvalue weighted by atomic mass is 9.96. The molecule has 9 aromatic rings. The molecule has 194 valence electrons. The van der Waals surface area contributed by atoms with E-state index in [0.29, 0.717) is 0 Å². The monoisotopic (exact) mass is 534 g/mol. The van der Waals surface area contributed by atoms with E-state index in [0.717, 1.165) is 55.0 Å². The summed E-state index contributed by atoms with van der Waals surface area (Å²) < 4.78 is 12.4. The fourth-order valence-corrected chi connectivity index (χ4v) is 7.01. The van der Waals surface area contributed by atoms with Crippen molar-refractivity contribution in [3.63, 3.8) is 0 Å². The van der Waals surface area contributed by atoms with Crippen LogP contribution in [0.2, 0.25) is 0 Å². The highest BCUT2D eigenvalue weighted by atomic mass is 16.3. The van der Waals surface area contributed by atoms with E-state index in [2.05, 4.69) is 121 Å². The zero-order chi connectivity index (χ0) is 27.4. The fraction of sp³-hybridized carbons (Fsp3) is 0. The van der Waals surface area contributed by atoms with Crippen LogP contribution in [0.5, 0.6) is 0 Å². The van der Waals surface area contributed by atoms with E-state index in [-0.39, 0.29) is 0 Å². The van der Waals surface area contributed by atoms with Crippen molar-refractivity contribution in [1.29, 1.82) is 0 Å². The Morgan fingerprint density at radius 3 is 1.45 bits per heavy atom. The molecule has 1 aliphatic carbocycles. The highest BCUT2D eigenvalue weighted by molar-refractivity contribution is 6.16. The largest absolute Gasteiger partial charge is 0.456 e. The third-order valence-electron chi connectivity index (χ3n) is 9.02. The Labute approximate surface area is 241 Å². The number of rotatable bonds is 2. The van der Waals surface area contributed by atoms with Gasteiger partial charge in [-0.3, -0.25) is 0 Å². The number of benzene rings is 7. The molecular formula is C40H22O2. The predicted octanol–water partition coefficient (Wildman–Crippen LogP) is 11.6. The fourth-order valence-electron chi connectivity index (χ4n) is 7.01. The molecule has 2 aromatic heterocycles. The molecule has 0 saturated heterocycles. The van der Waals surface area contributed by atoms with E-state index < -0.39 is 0 Å². The maximum Gasteiger partial charge on any atom is 0.135 e. The minimum Gasteiger partial charge on any atom is -0.456 e. The summed E-state index contributed by atoms with van der Waals surface area (Å²) in [4.78, 5) is 0. The van der Waals surface area contributed by atoms with Gasteiger partial charge in [0, 0.05) is 21.5 Å². The Morgan fingerprint density at radius 2 is 0.810 bits per heavy atom. The zero-order valence-corrected chi connectivity index (χ0v) is 22.5. The molecule has 0 unspecified atom stereocenters. The second-order valence-corrected chi connectivity index (χ2v) is 11.3. The van der Waals surface area contributed by atoms with E-state index in [4.69, 9.17) is 8.83 Å². The van der Waals surface area contributed by atoms with Crippen molar-refractivity contribution in [2.45, 2.75) is 0 Å². The average Bonchev–Trinajstić information content (AvgIpc) is 3.71. The molecule has 2 nitrogen and oxygen atoms in total. The summed E-state index contributed by atoms with van der Waals surface area (Å²) in [6.07, 6.45) is 0. The van der Waals surface area contributed by atoms with E-state index in [9.17, 15) is 0 Å². The molecule has 0 fully saturated rings. The van der Waals surface area contributed by atoms with Crippen molar-refractivity contribution < 1.29 is 8.83 Å². The number of para-hydroxylation sites is 1. The van der Waals surface area contributed by atoms with Crippen molar-refractivity contribution in [1.82, 2.24) is 0 Å². The van der Waals surface area contributed by atoms with E-state index in [1.54, 1.807) is 0 Å². The molecule has 0 bridgehead atoms. The Hall–Kier alpha value is -5.60. The summed E-state index contributed by atoms with van der Waals surface area (Å²) in [6.45, 7) is 0. The van der Waals surface area contributed by atoms with Gasteiger partial charge in [-0.15, -0.1) is 0 Å². The lowest BCUT2D eigenvalue weighted by Crippen LogP contribution is -1.82. The summed E-state index contributed by atoms with van der Waals surface area (Å²) in [5.41, 5.74) is 13.6. The van der Waals surface area contributed by atoms with Crippen molar-refractivity contribution in [3.8, 4) is 44.5 Å². The maximum atomic E-state index is 6.29. The molecule has 0 aliphatic heterocycles. The van der Waals surface area contributed by atoms with Gasteiger partial charge in [0.1, 0.15) is 22.3 Å². The first-order valence-electron chi connectivity index (χ1n) is 14.3. The van der Waals surface area contributed by atoms with Crippen LogP contribution in [0.25, 0.3) is 99.2 Å². The summed E-state index contributed by atoms with van der Waals surface area (Å²) in [6, 6.07) is 47.8. The molecule has 1 aliphatic rings. The topological polar surface area (TPSA) is 26.3 Å². The minimum atomic E-state index is 0.900. The van der Waals surface area contributed by atoms with Gasteiger partial charge in [0.25, 0.3) is 0 Å². The van der Waals surface area contributed by atoms with Crippen LogP contribution in [0.4, 0.5) is 0 Å². The average molecular weight is 535 g/mol. The maximum absolute atomic E-state index is 6.29. The SMILES string of the molecule is c1cc2c3c(cccc3c1)-c1cc(-c3ccc4oc5ccc(-c6ccc7oc8ccccc8c7c6)cc5c4c3)ccc1-2. The van der Waals surface area contributed by atoms with Crippen molar-refractivity contribution in [2.24, 2.45) is 0 Å². The quantitative estimate of drug-likeness (QED) is 0.220. The van der Waals surface area contributed by atoms with Crippen molar-refractivity contribution in [3.05, 3.63) is 133 Å². The van der Waals surface area contributed by atoms with Gasteiger partial charge in [-0.1, -0.05) is 84.9 Å². The van der Waals surface area contributed by atoms with Crippen LogP contribution < -0.4 is 0 Å². The van der Waals surface area contributed by atoms with Gasteiger partial charge in [0.2, 0.25) is 0 Å². The van der Waals surface area contributed by atoms with Crippen LogP contribution >= 0.6 is 0 Å². The first kappa shape index (κ1) is 22.1. The van der Waals surface area contributed by atoms with Crippen LogP contribution in [0.1, 0.15) is 0 Å². The molecule has 10 rings (SSSR count). The van der Waals surface area contributed by atoms with Gasteiger partial charge >= 0.3 is 0 Å². The Morgan fingerprint density at radius 1 is 0.310 bits per heavy atom. The van der Waals surface area contributed by atoms with Gasteiger partial charge in [0.05, 0.1) is 0 Å². The van der Waals surface area contributed by atoms with Crippen LogP contribution in [0, 0.1) is 0 Å². The van der Waals surface area contributed by atoms with Crippen LogP contribution in [0.3, 0.4) is 0 Å². The smallest absolute Gasteiger partial charge is 0.135 e. The second kappa shape index (κ2) is 7.99. The minimum absolute atomic E-state index is 0.900. The Bertz CT molecular complexity index is 2570. The van der Waals surface area contributed by atoms with Crippen LogP contribution in [-0.4, -0.2) is 0 Å². The summed E-state index contributed by atoms with van der Waals surface area (Å²) in [5, 5.41) is 7.19. The first-order chi connectivity index (χ1) is 20.8. The summed E-state index contributed by atoms with van der Waals surface area (Å²) in [7, 11) is 0. The molecule has 7 aromatic carbocycles. The molecular weight excluding hydrogens is 512 g/mol. The Balaban J connectivity index is 1.11. The molecule has 0 amide bonds. The van der Waals surface area contributed by atoms with Crippen LogP contribution in [0.15, 0.2) is 142 Å². The molecule has 42 heavy (non-hydrogen) atoms. The molecule has 0 atom stereocenters. The standard InChI is InChI=1S/C40H22O2/c1-2-10-36-29(7-1)33-20-25(12-16-37(33)41-36)27-14-18-39-35(22-27)34-21-26(13-17-38(34)42-39)24-11-15-28-30-8-3-5-23-6-4-9-31(40(23)30)32(28)19-24/h1-22H. The third kappa shape index (κ3) is 2.98. The van der Waals surface area contributed by atoms with Gasteiger partial charge in [0.15, 0.2) is 0 Å².